The van der Waals surface area contributed by atoms with Gasteiger partial charge in [0.2, 0.25) is 0 Å². The van der Waals surface area contributed by atoms with Crippen LogP contribution in [0.4, 0.5) is 0 Å². The van der Waals surface area contributed by atoms with E-state index < -0.39 is 0 Å². The number of hydrogen-bond acceptors (Lipinski definition) is 2. The SMILES string of the molecule is CC(C)(C)c1cc(-c2c3nc(c(-c4cc5cccccc-5c4)c4ccc([nH]4)c(-c4cc(C(C)(C)C)cc(C(C)(C)C)c4)c4nc(c(-c5cc6cccccc-6c5)c5ccc2[nH]5)C=C4)C=C3)cc(C(C)(C)C)c1. The molecule has 6 aliphatic rings. The Hall–Kier alpha value is -7.56. The average molecular weight is 939 g/mol. The Bertz CT molecular complexity index is 3410. The van der Waals surface area contributed by atoms with Gasteiger partial charge >= 0.3 is 0 Å². The molecule has 4 nitrogen and oxygen atoms in total. The van der Waals surface area contributed by atoms with Crippen molar-refractivity contribution in [3.05, 3.63) is 191 Å². The maximum atomic E-state index is 5.73. The van der Waals surface area contributed by atoms with E-state index in [0.29, 0.717) is 0 Å². The zero-order valence-electron chi connectivity index (χ0n) is 44.1. The first kappa shape index (κ1) is 46.8. The predicted octanol–water partition coefficient (Wildman–Crippen LogP) is 18.7. The summed E-state index contributed by atoms with van der Waals surface area (Å²) in [5.41, 5.74) is 25.8. The third-order valence-electron chi connectivity index (χ3n) is 14.7. The number of hydrogen-bond donors (Lipinski definition) is 2. The zero-order valence-corrected chi connectivity index (χ0v) is 44.1. The molecule has 5 aromatic rings. The Kier molecular flexibility index (Phi) is 11.1. The standard InChI is InChI=1S/C68H66N4/c1-65(2,3)49-35-47(36-50(39-49)66(4,5)6)63-57-27-23-53(69-57)61(45-31-41-19-15-13-16-20-42(41)32-45)55-25-29-59(71-55)64(48-37-51(67(7,8)9)40-52(38-48)68(10,11)12)60-30-26-56(72-60)62(54-24-28-58(63)70-54)46-33-43-21-17-14-18-22-44(43)34-46/h13-40,69,72H,1-12H3. The molecule has 2 N–H and O–H groups in total. The summed E-state index contributed by atoms with van der Waals surface area (Å²) in [6.07, 6.45) is 8.87. The average Bonchev–Trinajstić information content (AvgIpc) is 4.19. The van der Waals surface area contributed by atoms with Gasteiger partial charge in [0.15, 0.2) is 0 Å². The molecule has 72 heavy (non-hydrogen) atoms. The van der Waals surface area contributed by atoms with E-state index in [0.717, 1.165) is 89.4 Å². The second-order valence-corrected chi connectivity index (χ2v) is 24.2. The number of aromatic nitrogens is 4. The minimum atomic E-state index is -0.0835. The van der Waals surface area contributed by atoms with Crippen LogP contribution in [0.15, 0.2) is 146 Å². The number of fused-ring (bicyclic) bond motifs is 10. The molecule has 0 unspecified atom stereocenters. The van der Waals surface area contributed by atoms with E-state index in [1.165, 1.54) is 44.5 Å². The lowest BCUT2D eigenvalue weighted by molar-refractivity contribution is 0.568. The lowest BCUT2D eigenvalue weighted by atomic mass is 9.78. The summed E-state index contributed by atoms with van der Waals surface area (Å²) in [5.74, 6) is 0. The van der Waals surface area contributed by atoms with Crippen molar-refractivity contribution in [2.45, 2.75) is 105 Å². The smallest absolute Gasteiger partial charge is 0.0737 e. The van der Waals surface area contributed by atoms with Crippen molar-refractivity contribution < 1.29 is 0 Å². The molecule has 3 aromatic heterocycles. The molecule has 358 valence electrons. The van der Waals surface area contributed by atoms with Gasteiger partial charge in [0, 0.05) is 44.3 Å². The Morgan fingerprint density at radius 2 is 0.500 bits per heavy atom. The summed E-state index contributed by atoms with van der Waals surface area (Å²) >= 11 is 0. The fourth-order valence-electron chi connectivity index (χ4n) is 10.4. The number of aromatic amines is 2. The normalized spacial score (nSPS) is 13.2. The van der Waals surface area contributed by atoms with Crippen molar-refractivity contribution in [3.8, 4) is 66.8 Å². The molecule has 8 bridgehead atoms. The molecule has 0 fully saturated rings. The lowest BCUT2D eigenvalue weighted by Gasteiger charge is -2.26. The predicted molar refractivity (Wildman–Crippen MR) is 309 cm³/mol. The number of benzene rings is 2. The van der Waals surface area contributed by atoms with E-state index in [9.17, 15) is 0 Å². The highest BCUT2D eigenvalue weighted by Gasteiger charge is 2.27. The van der Waals surface area contributed by atoms with Gasteiger partial charge in [0.05, 0.1) is 22.8 Å². The first-order valence-electron chi connectivity index (χ1n) is 25.6. The van der Waals surface area contributed by atoms with Gasteiger partial charge in [-0.05, 0) is 161 Å². The fraction of sp³-hybridized carbons (Fsp3) is 0.235. The highest BCUT2D eigenvalue weighted by Crippen LogP contribution is 2.44. The van der Waals surface area contributed by atoms with E-state index in [-0.39, 0.29) is 21.7 Å². The van der Waals surface area contributed by atoms with Crippen LogP contribution in [0.2, 0.25) is 0 Å². The van der Waals surface area contributed by atoms with Crippen LogP contribution in [0.5, 0.6) is 0 Å². The van der Waals surface area contributed by atoms with Crippen molar-refractivity contribution >= 4 is 46.4 Å². The van der Waals surface area contributed by atoms with Crippen molar-refractivity contribution in [2.24, 2.45) is 0 Å². The van der Waals surface area contributed by atoms with Gasteiger partial charge in [-0.25, -0.2) is 9.97 Å². The monoisotopic (exact) mass is 939 g/mol. The summed E-state index contributed by atoms with van der Waals surface area (Å²) in [6, 6.07) is 54.0. The molecule has 0 spiro atoms. The molecule has 0 amide bonds. The Morgan fingerprint density at radius 3 is 0.736 bits per heavy atom. The molecule has 4 aliphatic carbocycles. The van der Waals surface area contributed by atoms with Crippen molar-refractivity contribution in [1.82, 2.24) is 19.9 Å². The van der Waals surface area contributed by atoms with E-state index in [1.807, 2.05) is 0 Å². The minimum absolute atomic E-state index is 0.0835. The Labute approximate surface area is 426 Å². The molecular weight excluding hydrogens is 873 g/mol. The number of nitrogens with one attached hydrogen (secondary N) is 2. The number of H-pyrrole nitrogens is 2. The van der Waals surface area contributed by atoms with E-state index in [2.05, 4.69) is 263 Å². The largest absolute Gasteiger partial charge is 0.354 e. The molecule has 2 aromatic carbocycles. The Balaban J connectivity index is 1.33. The molecule has 0 radical (unpaired) electrons. The van der Waals surface area contributed by atoms with Gasteiger partial charge in [-0.15, -0.1) is 0 Å². The van der Waals surface area contributed by atoms with Crippen LogP contribution in [-0.2, 0) is 21.7 Å². The van der Waals surface area contributed by atoms with Crippen LogP contribution in [0.3, 0.4) is 0 Å². The lowest BCUT2D eigenvalue weighted by Crippen LogP contribution is -2.16. The second kappa shape index (κ2) is 17.1. The molecule has 0 atom stereocenters. The molecule has 0 saturated carbocycles. The van der Waals surface area contributed by atoms with Crippen LogP contribution in [0.25, 0.3) is 113 Å². The molecule has 5 heterocycles. The maximum absolute atomic E-state index is 5.73. The molecule has 11 rings (SSSR count). The summed E-state index contributed by atoms with van der Waals surface area (Å²) in [5, 5.41) is 0. The van der Waals surface area contributed by atoms with Gasteiger partial charge in [0.1, 0.15) is 0 Å². The first-order valence-corrected chi connectivity index (χ1v) is 25.6. The molecule has 4 heteroatoms. The number of nitrogens with zero attached hydrogens (tertiary/aromatic N) is 2. The van der Waals surface area contributed by atoms with Crippen LogP contribution in [0.1, 0.15) is 128 Å². The van der Waals surface area contributed by atoms with Gasteiger partial charge in [-0.1, -0.05) is 180 Å². The van der Waals surface area contributed by atoms with Crippen LogP contribution < -0.4 is 0 Å². The third-order valence-corrected chi connectivity index (χ3v) is 14.7. The minimum Gasteiger partial charge on any atom is -0.354 e. The fourth-order valence-corrected chi connectivity index (χ4v) is 10.4. The van der Waals surface area contributed by atoms with Crippen molar-refractivity contribution in [1.29, 1.82) is 0 Å². The van der Waals surface area contributed by atoms with E-state index >= 15 is 0 Å². The van der Waals surface area contributed by atoms with Crippen molar-refractivity contribution in [3.63, 3.8) is 0 Å². The van der Waals surface area contributed by atoms with Crippen LogP contribution in [0, 0.1) is 0 Å². The topological polar surface area (TPSA) is 57.4 Å². The van der Waals surface area contributed by atoms with Crippen LogP contribution >= 0.6 is 0 Å². The van der Waals surface area contributed by atoms with Gasteiger partial charge in [0.25, 0.3) is 0 Å². The molecule has 0 saturated heterocycles. The summed E-state index contributed by atoms with van der Waals surface area (Å²) < 4.78 is 0. The number of rotatable bonds is 4. The quantitative estimate of drug-likeness (QED) is 0.185. The molecular formula is C68H66N4. The summed E-state index contributed by atoms with van der Waals surface area (Å²) in [7, 11) is 0. The maximum Gasteiger partial charge on any atom is 0.0737 e. The highest BCUT2D eigenvalue weighted by molar-refractivity contribution is 6.01. The highest BCUT2D eigenvalue weighted by atomic mass is 14.8. The summed E-state index contributed by atoms with van der Waals surface area (Å²) in [4.78, 5) is 19.5. The van der Waals surface area contributed by atoms with Gasteiger partial charge in [-0.2, -0.15) is 0 Å². The summed E-state index contributed by atoms with van der Waals surface area (Å²) in [6.45, 7) is 27.7. The second-order valence-electron chi connectivity index (χ2n) is 24.2. The van der Waals surface area contributed by atoms with Crippen LogP contribution in [-0.4, -0.2) is 19.9 Å². The van der Waals surface area contributed by atoms with E-state index in [4.69, 9.17) is 9.97 Å². The Morgan fingerprint density at radius 1 is 0.264 bits per heavy atom. The third kappa shape index (κ3) is 8.72. The first-order chi connectivity index (χ1) is 34.2. The van der Waals surface area contributed by atoms with Gasteiger partial charge < -0.3 is 9.97 Å². The van der Waals surface area contributed by atoms with Gasteiger partial charge in [-0.3, -0.25) is 0 Å². The van der Waals surface area contributed by atoms with E-state index in [1.54, 1.807) is 0 Å². The zero-order chi connectivity index (χ0) is 50.5. The van der Waals surface area contributed by atoms with Crippen molar-refractivity contribution in [2.75, 3.05) is 0 Å². The molecule has 2 aliphatic heterocycles.